The van der Waals surface area contributed by atoms with E-state index in [-0.39, 0.29) is 17.1 Å². The van der Waals surface area contributed by atoms with Gasteiger partial charge in [-0.05, 0) is 39.3 Å². The summed E-state index contributed by atoms with van der Waals surface area (Å²) in [5.41, 5.74) is 9.62. The van der Waals surface area contributed by atoms with E-state index in [2.05, 4.69) is 9.97 Å². The summed E-state index contributed by atoms with van der Waals surface area (Å²) in [5, 5.41) is 0.425. The number of rotatable bonds is 4. The fourth-order valence-corrected chi connectivity index (χ4v) is 3.21. The molecule has 1 aromatic carbocycles. The van der Waals surface area contributed by atoms with Gasteiger partial charge in [-0.15, -0.1) is 0 Å². The molecule has 0 bridgehead atoms. The van der Waals surface area contributed by atoms with Gasteiger partial charge in [-0.3, -0.25) is 0 Å². The van der Waals surface area contributed by atoms with E-state index >= 15 is 0 Å². The molecule has 1 aromatic heterocycles. The summed E-state index contributed by atoms with van der Waals surface area (Å²) in [6, 6.07) is 6.51. The van der Waals surface area contributed by atoms with Crippen LogP contribution in [-0.2, 0) is 0 Å². The van der Waals surface area contributed by atoms with Crippen LogP contribution in [0.25, 0.3) is 0 Å². The average molecular weight is 305 g/mol. The van der Waals surface area contributed by atoms with E-state index in [1.54, 1.807) is 12.1 Å². The molecule has 0 aliphatic carbocycles. The quantitative estimate of drug-likeness (QED) is 0.691. The molecular formula is C16H20FN3S. The number of benzene rings is 1. The van der Waals surface area contributed by atoms with Crippen molar-refractivity contribution in [2.45, 2.75) is 44.1 Å². The van der Waals surface area contributed by atoms with Crippen molar-refractivity contribution in [1.82, 2.24) is 9.97 Å². The number of halogens is 1. The molecule has 0 saturated carbocycles. The van der Waals surface area contributed by atoms with Crippen LogP contribution in [0.4, 0.5) is 4.39 Å². The van der Waals surface area contributed by atoms with Crippen molar-refractivity contribution >= 4 is 11.8 Å². The highest BCUT2D eigenvalue weighted by atomic mass is 32.2. The van der Waals surface area contributed by atoms with Crippen molar-refractivity contribution < 1.29 is 4.39 Å². The number of nitrogens with two attached hydrogens (primary N) is 1. The average Bonchev–Trinajstić information content (AvgIpc) is 2.42. The molecule has 0 aliphatic rings. The lowest BCUT2D eigenvalue weighted by Crippen LogP contribution is -2.23. The van der Waals surface area contributed by atoms with Gasteiger partial charge in [-0.25, -0.2) is 14.4 Å². The number of thioether (sulfide) groups is 1. The lowest BCUT2D eigenvalue weighted by atomic mass is 10.1. The highest BCUT2D eigenvalue weighted by molar-refractivity contribution is 7.99. The topological polar surface area (TPSA) is 51.8 Å². The molecule has 0 aliphatic heterocycles. The first-order chi connectivity index (χ1) is 9.90. The molecule has 2 aromatic rings. The van der Waals surface area contributed by atoms with Crippen LogP contribution < -0.4 is 5.73 Å². The lowest BCUT2D eigenvalue weighted by Gasteiger charge is -2.21. The number of aryl methyl sites for hydroxylation is 2. The molecule has 0 saturated heterocycles. The minimum Gasteiger partial charge on any atom is -0.327 e. The lowest BCUT2D eigenvalue weighted by molar-refractivity contribution is 0.591. The highest BCUT2D eigenvalue weighted by Crippen LogP contribution is 2.37. The van der Waals surface area contributed by atoms with E-state index in [4.69, 9.17) is 5.73 Å². The summed E-state index contributed by atoms with van der Waals surface area (Å²) in [6.07, 6.45) is 0. The van der Waals surface area contributed by atoms with Gasteiger partial charge in [0, 0.05) is 23.0 Å². The van der Waals surface area contributed by atoms with E-state index in [9.17, 15) is 4.39 Å². The molecular weight excluding hydrogens is 285 g/mol. The van der Waals surface area contributed by atoms with Crippen LogP contribution in [0.15, 0.2) is 29.4 Å². The van der Waals surface area contributed by atoms with E-state index in [1.807, 2.05) is 33.8 Å². The van der Waals surface area contributed by atoms with Gasteiger partial charge in [-0.2, -0.15) is 0 Å². The van der Waals surface area contributed by atoms with Crippen molar-refractivity contribution in [2.24, 2.45) is 5.73 Å². The van der Waals surface area contributed by atoms with Gasteiger partial charge >= 0.3 is 0 Å². The second kappa shape index (κ2) is 6.54. The number of nitrogens with zero attached hydrogens (tertiary/aromatic N) is 2. The summed E-state index contributed by atoms with van der Waals surface area (Å²) >= 11 is 1.41. The van der Waals surface area contributed by atoms with Gasteiger partial charge in [-0.1, -0.05) is 30.0 Å². The molecule has 0 spiro atoms. The standard InChI is InChI=1S/C16H20FN3S/c1-9-11(3)19-16(20-12(9)4)21-15(10(2)18)13-7-5-6-8-14(13)17/h5-8,10,15H,18H2,1-4H3. The van der Waals surface area contributed by atoms with Crippen LogP contribution in [0.3, 0.4) is 0 Å². The van der Waals surface area contributed by atoms with Crippen molar-refractivity contribution in [1.29, 1.82) is 0 Å². The van der Waals surface area contributed by atoms with Gasteiger partial charge in [0.1, 0.15) is 5.82 Å². The van der Waals surface area contributed by atoms with Crippen LogP contribution in [0.2, 0.25) is 0 Å². The Hall–Kier alpha value is -1.46. The summed E-state index contributed by atoms with van der Waals surface area (Å²) in [4.78, 5) is 8.97. The molecule has 0 radical (unpaired) electrons. The summed E-state index contributed by atoms with van der Waals surface area (Å²) in [7, 11) is 0. The first-order valence-corrected chi connectivity index (χ1v) is 7.76. The fraction of sp³-hybridized carbons (Fsp3) is 0.375. The maximum atomic E-state index is 14.0. The molecule has 112 valence electrons. The summed E-state index contributed by atoms with van der Waals surface area (Å²) in [6.45, 7) is 7.78. The zero-order chi connectivity index (χ0) is 15.6. The molecule has 1 heterocycles. The molecule has 0 amide bonds. The van der Waals surface area contributed by atoms with E-state index in [1.165, 1.54) is 17.8 Å². The minimum absolute atomic E-state index is 0.211. The Balaban J connectivity index is 2.36. The Morgan fingerprint density at radius 1 is 1.10 bits per heavy atom. The second-order valence-electron chi connectivity index (χ2n) is 5.22. The summed E-state index contributed by atoms with van der Waals surface area (Å²) in [5.74, 6) is -0.243. The van der Waals surface area contributed by atoms with Gasteiger partial charge < -0.3 is 5.73 Å². The number of hydrogen-bond donors (Lipinski definition) is 1. The predicted octanol–water partition coefficient (Wildman–Crippen LogP) is 3.72. The number of aromatic nitrogens is 2. The highest BCUT2D eigenvalue weighted by Gasteiger charge is 2.22. The molecule has 21 heavy (non-hydrogen) atoms. The zero-order valence-corrected chi connectivity index (χ0v) is 13.5. The van der Waals surface area contributed by atoms with Crippen molar-refractivity contribution in [3.8, 4) is 0 Å². The third-order valence-corrected chi connectivity index (χ3v) is 4.86. The van der Waals surface area contributed by atoms with E-state index in [0.717, 1.165) is 17.0 Å². The first-order valence-electron chi connectivity index (χ1n) is 6.88. The molecule has 5 heteroatoms. The van der Waals surface area contributed by atoms with Gasteiger partial charge in [0.15, 0.2) is 5.16 Å². The Labute approximate surface area is 129 Å². The van der Waals surface area contributed by atoms with E-state index in [0.29, 0.717) is 10.7 Å². The van der Waals surface area contributed by atoms with Crippen molar-refractivity contribution in [2.75, 3.05) is 0 Å². The van der Waals surface area contributed by atoms with Gasteiger partial charge in [0.2, 0.25) is 0 Å². The molecule has 2 unspecified atom stereocenters. The van der Waals surface area contributed by atoms with E-state index < -0.39 is 0 Å². The molecule has 0 fully saturated rings. The molecule has 2 atom stereocenters. The monoisotopic (exact) mass is 305 g/mol. The van der Waals surface area contributed by atoms with Gasteiger partial charge in [0.25, 0.3) is 0 Å². The maximum absolute atomic E-state index is 14.0. The van der Waals surface area contributed by atoms with Crippen LogP contribution in [0.1, 0.15) is 34.7 Å². The third kappa shape index (κ3) is 3.60. The Kier molecular flexibility index (Phi) is 4.96. The molecule has 3 nitrogen and oxygen atoms in total. The van der Waals surface area contributed by atoms with Crippen molar-refractivity contribution in [3.05, 3.63) is 52.6 Å². The predicted molar refractivity (Wildman–Crippen MR) is 84.9 cm³/mol. The Morgan fingerprint density at radius 3 is 2.19 bits per heavy atom. The van der Waals surface area contributed by atoms with Crippen LogP contribution in [0.5, 0.6) is 0 Å². The Morgan fingerprint density at radius 2 is 1.67 bits per heavy atom. The zero-order valence-electron chi connectivity index (χ0n) is 12.7. The maximum Gasteiger partial charge on any atom is 0.188 e. The molecule has 2 N–H and O–H groups in total. The largest absolute Gasteiger partial charge is 0.327 e. The smallest absolute Gasteiger partial charge is 0.188 e. The first kappa shape index (κ1) is 15.9. The van der Waals surface area contributed by atoms with Crippen LogP contribution >= 0.6 is 11.8 Å². The Bertz CT molecular complexity index is 620. The number of hydrogen-bond acceptors (Lipinski definition) is 4. The minimum atomic E-state index is -0.243. The summed E-state index contributed by atoms with van der Waals surface area (Å²) < 4.78 is 14.0. The van der Waals surface area contributed by atoms with Crippen molar-refractivity contribution in [3.63, 3.8) is 0 Å². The normalized spacial score (nSPS) is 14.0. The van der Waals surface area contributed by atoms with Crippen LogP contribution in [0, 0.1) is 26.6 Å². The SMILES string of the molecule is Cc1nc(SC(c2ccccc2F)C(C)N)nc(C)c1C. The molecule has 2 rings (SSSR count). The van der Waals surface area contributed by atoms with Gasteiger partial charge in [0.05, 0.1) is 5.25 Å². The fourth-order valence-electron chi connectivity index (χ4n) is 2.07. The van der Waals surface area contributed by atoms with Crippen LogP contribution in [-0.4, -0.2) is 16.0 Å². The third-order valence-electron chi connectivity index (χ3n) is 3.53. The second-order valence-corrected chi connectivity index (χ2v) is 6.33.